The first-order chi connectivity index (χ1) is 12.8. The van der Waals surface area contributed by atoms with Crippen molar-refractivity contribution in [1.82, 2.24) is 4.90 Å². The SMILES string of the molecule is O=C(N1CCO[C@@H](c2ccccc2)C1)C1(c2ccccc2)CCOCC1. The molecule has 0 bridgehead atoms. The fourth-order valence-electron chi connectivity index (χ4n) is 4.11. The van der Waals surface area contributed by atoms with E-state index in [9.17, 15) is 4.79 Å². The van der Waals surface area contributed by atoms with E-state index in [-0.39, 0.29) is 12.0 Å². The Bertz CT molecular complexity index is 726. The summed E-state index contributed by atoms with van der Waals surface area (Å²) in [6.07, 6.45) is 1.42. The van der Waals surface area contributed by atoms with E-state index in [4.69, 9.17) is 9.47 Å². The highest BCUT2D eigenvalue weighted by atomic mass is 16.5. The molecule has 4 rings (SSSR count). The van der Waals surface area contributed by atoms with E-state index in [0.717, 1.165) is 24.0 Å². The molecule has 0 N–H and O–H groups in total. The Morgan fingerprint density at radius 1 is 0.923 bits per heavy atom. The van der Waals surface area contributed by atoms with Gasteiger partial charge >= 0.3 is 0 Å². The minimum Gasteiger partial charge on any atom is -0.381 e. The van der Waals surface area contributed by atoms with Crippen molar-refractivity contribution in [2.45, 2.75) is 24.4 Å². The number of carbonyl (C=O) groups is 1. The number of ether oxygens (including phenoxy) is 2. The van der Waals surface area contributed by atoms with E-state index in [1.165, 1.54) is 0 Å². The summed E-state index contributed by atoms with van der Waals surface area (Å²) >= 11 is 0. The van der Waals surface area contributed by atoms with Gasteiger partial charge in [-0.2, -0.15) is 0 Å². The molecule has 2 heterocycles. The van der Waals surface area contributed by atoms with Crippen molar-refractivity contribution in [1.29, 1.82) is 0 Å². The minimum atomic E-state index is -0.474. The maximum atomic E-state index is 13.7. The molecule has 2 fully saturated rings. The molecule has 2 aromatic carbocycles. The van der Waals surface area contributed by atoms with Gasteiger partial charge in [0.1, 0.15) is 6.10 Å². The van der Waals surface area contributed by atoms with E-state index < -0.39 is 5.41 Å². The standard InChI is InChI=1S/C22H25NO3/c24-21(22(11-14-25-15-12-22)19-9-5-2-6-10-19)23-13-16-26-20(17-23)18-7-3-1-4-8-18/h1-10,20H,11-17H2/t20-/m1/s1. The van der Waals surface area contributed by atoms with Gasteiger partial charge in [0.15, 0.2) is 0 Å². The van der Waals surface area contributed by atoms with E-state index in [1.54, 1.807) is 0 Å². The van der Waals surface area contributed by atoms with E-state index >= 15 is 0 Å². The van der Waals surface area contributed by atoms with Crippen LogP contribution in [-0.4, -0.2) is 43.7 Å². The third-order valence-corrected chi connectivity index (χ3v) is 5.61. The Labute approximate surface area is 154 Å². The first-order valence-corrected chi connectivity index (χ1v) is 9.39. The fourth-order valence-corrected chi connectivity index (χ4v) is 4.11. The van der Waals surface area contributed by atoms with Crippen LogP contribution >= 0.6 is 0 Å². The molecule has 2 aliphatic rings. The number of carbonyl (C=O) groups excluding carboxylic acids is 1. The summed E-state index contributed by atoms with van der Waals surface area (Å²) in [7, 11) is 0. The number of amides is 1. The van der Waals surface area contributed by atoms with E-state index in [1.807, 2.05) is 41.3 Å². The maximum Gasteiger partial charge on any atom is 0.233 e. The van der Waals surface area contributed by atoms with Crippen molar-refractivity contribution in [3.63, 3.8) is 0 Å². The van der Waals surface area contributed by atoms with Crippen LogP contribution in [-0.2, 0) is 19.7 Å². The monoisotopic (exact) mass is 351 g/mol. The second kappa shape index (κ2) is 7.60. The Morgan fingerprint density at radius 2 is 1.58 bits per heavy atom. The topological polar surface area (TPSA) is 38.8 Å². The van der Waals surface area contributed by atoms with Crippen molar-refractivity contribution in [2.75, 3.05) is 32.9 Å². The van der Waals surface area contributed by atoms with Crippen LogP contribution in [0.1, 0.15) is 30.1 Å². The van der Waals surface area contributed by atoms with E-state index in [2.05, 4.69) is 24.3 Å². The van der Waals surface area contributed by atoms with Gasteiger partial charge in [0.25, 0.3) is 0 Å². The molecule has 2 saturated heterocycles. The molecule has 0 spiro atoms. The van der Waals surface area contributed by atoms with Gasteiger partial charge < -0.3 is 14.4 Å². The lowest BCUT2D eigenvalue weighted by atomic mass is 9.73. The van der Waals surface area contributed by atoms with Gasteiger partial charge in [0.05, 0.1) is 18.6 Å². The first-order valence-electron chi connectivity index (χ1n) is 9.39. The van der Waals surface area contributed by atoms with Gasteiger partial charge in [-0.05, 0) is 24.0 Å². The van der Waals surface area contributed by atoms with Crippen LogP contribution in [0.25, 0.3) is 0 Å². The molecule has 2 aliphatic heterocycles. The van der Waals surface area contributed by atoms with Gasteiger partial charge in [0, 0.05) is 19.8 Å². The molecule has 0 saturated carbocycles. The minimum absolute atomic E-state index is 0.0541. The van der Waals surface area contributed by atoms with Crippen LogP contribution in [0.15, 0.2) is 60.7 Å². The van der Waals surface area contributed by atoms with Crippen LogP contribution in [0.2, 0.25) is 0 Å². The Kier molecular flexibility index (Phi) is 5.05. The van der Waals surface area contributed by atoms with Crippen LogP contribution in [0.4, 0.5) is 0 Å². The predicted octanol–water partition coefficient (Wildman–Crippen LogP) is 3.33. The lowest BCUT2D eigenvalue weighted by Gasteiger charge is -2.42. The van der Waals surface area contributed by atoms with Gasteiger partial charge in [0.2, 0.25) is 5.91 Å². The lowest BCUT2D eigenvalue weighted by molar-refractivity contribution is -0.149. The van der Waals surface area contributed by atoms with Crippen LogP contribution < -0.4 is 0 Å². The largest absolute Gasteiger partial charge is 0.381 e. The average Bonchev–Trinajstić information content (AvgIpc) is 2.75. The zero-order valence-corrected chi connectivity index (χ0v) is 15.0. The zero-order chi connectivity index (χ0) is 17.8. The lowest BCUT2D eigenvalue weighted by Crippen LogP contribution is -2.53. The summed E-state index contributed by atoms with van der Waals surface area (Å²) in [5.41, 5.74) is 1.76. The molecule has 0 aromatic heterocycles. The third kappa shape index (κ3) is 3.27. The number of hydrogen-bond donors (Lipinski definition) is 0. The summed E-state index contributed by atoms with van der Waals surface area (Å²) < 4.78 is 11.5. The quantitative estimate of drug-likeness (QED) is 0.851. The second-order valence-corrected chi connectivity index (χ2v) is 7.08. The Hall–Kier alpha value is -2.17. The van der Waals surface area contributed by atoms with Crippen molar-refractivity contribution < 1.29 is 14.3 Å². The number of nitrogens with zero attached hydrogens (tertiary/aromatic N) is 1. The number of rotatable bonds is 3. The van der Waals surface area contributed by atoms with Crippen LogP contribution in [0.5, 0.6) is 0 Å². The van der Waals surface area contributed by atoms with E-state index in [0.29, 0.717) is 32.9 Å². The average molecular weight is 351 g/mol. The van der Waals surface area contributed by atoms with Crippen LogP contribution in [0.3, 0.4) is 0 Å². The normalized spacial score (nSPS) is 22.8. The summed E-state index contributed by atoms with van der Waals surface area (Å²) in [4.78, 5) is 15.7. The summed E-state index contributed by atoms with van der Waals surface area (Å²) in [6.45, 7) is 3.10. The smallest absolute Gasteiger partial charge is 0.233 e. The summed E-state index contributed by atoms with van der Waals surface area (Å²) in [6, 6.07) is 20.4. The highest BCUT2D eigenvalue weighted by Gasteiger charge is 2.45. The van der Waals surface area contributed by atoms with Gasteiger partial charge in [-0.3, -0.25) is 4.79 Å². The second-order valence-electron chi connectivity index (χ2n) is 7.08. The molecular weight excluding hydrogens is 326 g/mol. The highest BCUT2D eigenvalue weighted by Crippen LogP contribution is 2.38. The van der Waals surface area contributed by atoms with Crippen molar-refractivity contribution in [2.24, 2.45) is 0 Å². The molecule has 2 aromatic rings. The molecular formula is C22H25NO3. The molecule has 0 radical (unpaired) electrons. The van der Waals surface area contributed by atoms with Crippen molar-refractivity contribution in [3.8, 4) is 0 Å². The molecule has 1 atom stereocenters. The summed E-state index contributed by atoms with van der Waals surface area (Å²) in [5, 5.41) is 0. The third-order valence-electron chi connectivity index (χ3n) is 5.61. The molecule has 1 amide bonds. The summed E-state index contributed by atoms with van der Waals surface area (Å²) in [5.74, 6) is 0.219. The highest BCUT2D eigenvalue weighted by molar-refractivity contribution is 5.88. The molecule has 4 heteroatoms. The Balaban J connectivity index is 1.59. The van der Waals surface area contributed by atoms with Gasteiger partial charge in [-0.25, -0.2) is 0 Å². The number of hydrogen-bond acceptors (Lipinski definition) is 3. The van der Waals surface area contributed by atoms with Crippen LogP contribution in [0, 0.1) is 0 Å². The zero-order valence-electron chi connectivity index (χ0n) is 15.0. The predicted molar refractivity (Wildman–Crippen MR) is 99.9 cm³/mol. The fraction of sp³-hybridized carbons (Fsp3) is 0.409. The van der Waals surface area contributed by atoms with Gasteiger partial charge in [-0.1, -0.05) is 60.7 Å². The van der Waals surface area contributed by atoms with Gasteiger partial charge in [-0.15, -0.1) is 0 Å². The van der Waals surface area contributed by atoms with Crippen molar-refractivity contribution >= 4 is 5.91 Å². The first kappa shape index (κ1) is 17.3. The Morgan fingerprint density at radius 3 is 2.27 bits per heavy atom. The molecule has 0 aliphatic carbocycles. The molecule has 26 heavy (non-hydrogen) atoms. The number of morpholine rings is 1. The molecule has 136 valence electrons. The molecule has 0 unspecified atom stereocenters. The molecule has 4 nitrogen and oxygen atoms in total. The number of benzene rings is 2. The maximum absolute atomic E-state index is 13.7. The van der Waals surface area contributed by atoms with Crippen molar-refractivity contribution in [3.05, 3.63) is 71.8 Å².